The number of rotatable bonds is 7. The van der Waals surface area contributed by atoms with Crippen LogP contribution in [0.5, 0.6) is 11.5 Å². The largest absolute Gasteiger partial charge is 0.454 e. The average molecular weight is 387 g/mol. The first kappa shape index (κ1) is 18.3. The van der Waals surface area contributed by atoms with Crippen LogP contribution in [0.3, 0.4) is 0 Å². The lowest BCUT2D eigenvalue weighted by atomic mass is 9.96. The number of benzene rings is 1. The first-order valence-corrected chi connectivity index (χ1v) is 10.7. The van der Waals surface area contributed by atoms with Gasteiger partial charge in [0.05, 0.1) is 12.1 Å². The van der Waals surface area contributed by atoms with Gasteiger partial charge < -0.3 is 14.8 Å². The standard InChI is InChI=1S/C21H26N2O3S/c1-2-3-5-14-6-4-7-17(14)23-20(24)11-16-12-27-21(22-16)15-8-9-18-19(10-15)26-13-25-18/h8-10,12,14,17H,2-7,11,13H2,1H3,(H,23,24). The number of amides is 1. The van der Waals surface area contributed by atoms with Crippen molar-refractivity contribution in [1.29, 1.82) is 0 Å². The van der Waals surface area contributed by atoms with E-state index in [1.54, 1.807) is 11.3 Å². The number of unbranched alkanes of at least 4 members (excludes halogenated alkanes) is 1. The Balaban J connectivity index is 1.35. The van der Waals surface area contributed by atoms with Crippen LogP contribution in [-0.4, -0.2) is 23.7 Å². The summed E-state index contributed by atoms with van der Waals surface area (Å²) in [6.45, 7) is 2.49. The summed E-state index contributed by atoms with van der Waals surface area (Å²) in [5.41, 5.74) is 1.82. The number of thiazole rings is 1. The number of aromatic nitrogens is 1. The van der Waals surface area contributed by atoms with Crippen LogP contribution in [0, 0.1) is 5.92 Å². The van der Waals surface area contributed by atoms with Crippen molar-refractivity contribution in [1.82, 2.24) is 10.3 Å². The van der Waals surface area contributed by atoms with E-state index in [2.05, 4.69) is 17.2 Å². The van der Waals surface area contributed by atoms with Gasteiger partial charge in [0.1, 0.15) is 5.01 Å². The molecule has 6 heteroatoms. The third kappa shape index (κ3) is 4.26. The fraction of sp³-hybridized carbons (Fsp3) is 0.524. The van der Waals surface area contributed by atoms with Crippen molar-refractivity contribution in [3.05, 3.63) is 29.3 Å². The molecule has 2 aliphatic rings. The molecular formula is C21H26N2O3S. The van der Waals surface area contributed by atoms with Crippen LogP contribution in [0.1, 0.15) is 51.1 Å². The number of ether oxygens (including phenoxy) is 2. The predicted octanol–water partition coefficient (Wildman–Crippen LogP) is 4.56. The van der Waals surface area contributed by atoms with E-state index in [0.29, 0.717) is 18.4 Å². The van der Waals surface area contributed by atoms with Crippen molar-refractivity contribution in [2.24, 2.45) is 5.92 Å². The molecule has 0 bridgehead atoms. The van der Waals surface area contributed by atoms with Gasteiger partial charge in [0.15, 0.2) is 11.5 Å². The first-order valence-electron chi connectivity index (χ1n) is 9.86. The second-order valence-electron chi connectivity index (χ2n) is 7.40. The zero-order valence-corrected chi connectivity index (χ0v) is 16.5. The topological polar surface area (TPSA) is 60.5 Å². The number of hydrogen-bond acceptors (Lipinski definition) is 5. The molecule has 0 radical (unpaired) electrons. The van der Waals surface area contributed by atoms with Crippen LogP contribution in [0.2, 0.25) is 0 Å². The van der Waals surface area contributed by atoms with Gasteiger partial charge >= 0.3 is 0 Å². The van der Waals surface area contributed by atoms with Gasteiger partial charge in [-0.05, 0) is 43.4 Å². The van der Waals surface area contributed by atoms with E-state index >= 15 is 0 Å². The highest BCUT2D eigenvalue weighted by atomic mass is 32.1. The minimum atomic E-state index is 0.0888. The van der Waals surface area contributed by atoms with Gasteiger partial charge in [0.2, 0.25) is 12.7 Å². The molecule has 1 aliphatic heterocycles. The molecule has 2 atom stereocenters. The maximum absolute atomic E-state index is 12.5. The molecule has 2 unspecified atom stereocenters. The number of hydrogen-bond donors (Lipinski definition) is 1. The lowest BCUT2D eigenvalue weighted by molar-refractivity contribution is -0.121. The van der Waals surface area contributed by atoms with Crippen molar-refractivity contribution in [2.75, 3.05) is 6.79 Å². The van der Waals surface area contributed by atoms with E-state index in [-0.39, 0.29) is 12.7 Å². The maximum Gasteiger partial charge on any atom is 0.231 e. The Labute approximate surface area is 164 Å². The number of carbonyl (C=O) groups excluding carboxylic acids is 1. The quantitative estimate of drug-likeness (QED) is 0.758. The van der Waals surface area contributed by atoms with E-state index < -0.39 is 0 Å². The lowest BCUT2D eigenvalue weighted by Gasteiger charge is -2.20. The van der Waals surface area contributed by atoms with E-state index in [1.807, 2.05) is 23.6 Å². The summed E-state index contributed by atoms with van der Waals surface area (Å²) in [5.74, 6) is 2.25. The Morgan fingerprint density at radius 1 is 1.30 bits per heavy atom. The maximum atomic E-state index is 12.5. The van der Waals surface area contributed by atoms with Crippen LogP contribution in [0.15, 0.2) is 23.6 Å². The summed E-state index contributed by atoms with van der Waals surface area (Å²) in [7, 11) is 0. The van der Waals surface area contributed by atoms with Crippen LogP contribution >= 0.6 is 11.3 Å². The molecule has 1 fully saturated rings. The van der Waals surface area contributed by atoms with Crippen LogP contribution < -0.4 is 14.8 Å². The monoisotopic (exact) mass is 386 g/mol. The SMILES string of the molecule is CCCCC1CCCC1NC(=O)Cc1csc(-c2ccc3c(c2)OCO3)n1. The Hall–Kier alpha value is -2.08. The lowest BCUT2D eigenvalue weighted by Crippen LogP contribution is -2.38. The van der Waals surface area contributed by atoms with E-state index in [1.165, 1.54) is 32.1 Å². The second-order valence-corrected chi connectivity index (χ2v) is 8.25. The van der Waals surface area contributed by atoms with Gasteiger partial charge in [-0.25, -0.2) is 4.98 Å². The number of nitrogens with one attached hydrogen (secondary N) is 1. The molecule has 1 aromatic carbocycles. The Morgan fingerprint density at radius 3 is 3.07 bits per heavy atom. The molecule has 0 saturated heterocycles. The zero-order valence-electron chi connectivity index (χ0n) is 15.7. The normalized spacial score (nSPS) is 20.8. The van der Waals surface area contributed by atoms with Gasteiger partial charge in [-0.15, -0.1) is 11.3 Å². The molecule has 2 aromatic rings. The fourth-order valence-corrected chi connectivity index (χ4v) is 4.83. The summed E-state index contributed by atoms with van der Waals surface area (Å²) in [6, 6.07) is 6.17. The van der Waals surface area contributed by atoms with Crippen molar-refractivity contribution in [3.63, 3.8) is 0 Å². The van der Waals surface area contributed by atoms with E-state index in [4.69, 9.17) is 9.47 Å². The minimum Gasteiger partial charge on any atom is -0.454 e. The van der Waals surface area contributed by atoms with Gasteiger partial charge in [-0.1, -0.05) is 26.2 Å². The number of carbonyl (C=O) groups is 1. The smallest absolute Gasteiger partial charge is 0.231 e. The molecule has 0 spiro atoms. The molecule has 2 heterocycles. The first-order chi connectivity index (χ1) is 13.2. The fourth-order valence-electron chi connectivity index (χ4n) is 4.01. The van der Waals surface area contributed by atoms with Crippen molar-refractivity contribution < 1.29 is 14.3 Å². The molecule has 144 valence electrons. The van der Waals surface area contributed by atoms with Crippen molar-refractivity contribution >= 4 is 17.2 Å². The van der Waals surface area contributed by atoms with Gasteiger partial charge in [0.25, 0.3) is 0 Å². The van der Waals surface area contributed by atoms with Crippen molar-refractivity contribution in [2.45, 2.75) is 57.9 Å². The number of fused-ring (bicyclic) bond motifs is 1. The van der Waals surface area contributed by atoms with E-state index in [0.717, 1.165) is 34.2 Å². The number of nitrogens with zero attached hydrogens (tertiary/aromatic N) is 1. The van der Waals surface area contributed by atoms with Crippen LogP contribution in [-0.2, 0) is 11.2 Å². The molecule has 1 aliphatic carbocycles. The highest BCUT2D eigenvalue weighted by Gasteiger charge is 2.28. The van der Waals surface area contributed by atoms with Gasteiger partial charge in [-0.2, -0.15) is 0 Å². The van der Waals surface area contributed by atoms with Crippen LogP contribution in [0.4, 0.5) is 0 Å². The molecule has 1 N–H and O–H groups in total. The molecule has 1 amide bonds. The average Bonchev–Trinajstić information content (AvgIpc) is 3.40. The zero-order chi connectivity index (χ0) is 18.6. The molecule has 5 nitrogen and oxygen atoms in total. The minimum absolute atomic E-state index is 0.0888. The third-order valence-electron chi connectivity index (χ3n) is 5.45. The molecule has 1 aromatic heterocycles. The second kappa shape index (κ2) is 8.30. The Morgan fingerprint density at radius 2 is 2.19 bits per heavy atom. The van der Waals surface area contributed by atoms with Gasteiger partial charge in [0, 0.05) is 17.0 Å². The molecule has 4 rings (SSSR count). The highest BCUT2D eigenvalue weighted by Crippen LogP contribution is 2.36. The Kier molecular flexibility index (Phi) is 5.62. The molecule has 1 saturated carbocycles. The van der Waals surface area contributed by atoms with Crippen LogP contribution in [0.25, 0.3) is 10.6 Å². The van der Waals surface area contributed by atoms with E-state index in [9.17, 15) is 4.79 Å². The summed E-state index contributed by atoms with van der Waals surface area (Å²) in [4.78, 5) is 17.2. The third-order valence-corrected chi connectivity index (χ3v) is 6.39. The molecule has 27 heavy (non-hydrogen) atoms. The Bertz CT molecular complexity index is 804. The van der Waals surface area contributed by atoms with Crippen molar-refractivity contribution in [3.8, 4) is 22.1 Å². The predicted molar refractivity (Wildman–Crippen MR) is 106 cm³/mol. The highest BCUT2D eigenvalue weighted by molar-refractivity contribution is 7.13. The summed E-state index contributed by atoms with van der Waals surface area (Å²) in [5, 5.41) is 6.13. The van der Waals surface area contributed by atoms with Gasteiger partial charge in [-0.3, -0.25) is 4.79 Å². The summed E-state index contributed by atoms with van der Waals surface area (Å²) >= 11 is 1.56. The summed E-state index contributed by atoms with van der Waals surface area (Å²) < 4.78 is 10.8. The molecular weight excluding hydrogens is 360 g/mol. The summed E-state index contributed by atoms with van der Waals surface area (Å²) in [6.07, 6.45) is 7.63.